The van der Waals surface area contributed by atoms with Crippen LogP contribution < -0.4 is 11.0 Å². The Hall–Kier alpha value is -2.81. The van der Waals surface area contributed by atoms with Crippen LogP contribution in [0.3, 0.4) is 0 Å². The molecule has 1 N–H and O–H groups in total. The molecule has 0 unspecified atom stereocenters. The van der Waals surface area contributed by atoms with Crippen molar-refractivity contribution in [2.45, 2.75) is 43.8 Å². The largest absolute Gasteiger partial charge is 0.359 e. The Morgan fingerprint density at radius 1 is 1.00 bits per heavy atom. The maximum Gasteiger partial charge on any atom is 0.332 e. The van der Waals surface area contributed by atoms with Gasteiger partial charge in [0.1, 0.15) is 10.3 Å². The molecule has 4 aromatic heterocycles. The second kappa shape index (κ2) is 5.59. The number of hydrogen-bond acceptors (Lipinski definition) is 7. The number of thiazole rings is 1. The summed E-state index contributed by atoms with van der Waals surface area (Å²) in [6.45, 7) is 0. The van der Waals surface area contributed by atoms with Gasteiger partial charge in [-0.25, -0.2) is 24.7 Å². The summed E-state index contributed by atoms with van der Waals surface area (Å²) in [4.78, 5) is 31.7. The van der Waals surface area contributed by atoms with Crippen molar-refractivity contribution in [1.82, 2.24) is 29.1 Å². The molecule has 9 heteroatoms. The fraction of sp³-hybridized carbons (Fsp3) is 0.389. The number of aromatic nitrogens is 6. The zero-order valence-electron chi connectivity index (χ0n) is 14.4. The Labute approximate surface area is 157 Å². The Morgan fingerprint density at radius 2 is 1.74 bits per heavy atom. The molecule has 6 rings (SSSR count). The summed E-state index contributed by atoms with van der Waals surface area (Å²) in [5.41, 5.74) is 2.38. The minimum Gasteiger partial charge on any atom is -0.359 e. The molecule has 0 bridgehead atoms. The van der Waals surface area contributed by atoms with Gasteiger partial charge in [0.05, 0.1) is 0 Å². The first-order chi connectivity index (χ1) is 13.3. The van der Waals surface area contributed by atoms with Crippen LogP contribution in [0, 0.1) is 0 Å². The van der Waals surface area contributed by atoms with Crippen LogP contribution >= 0.6 is 11.3 Å². The van der Waals surface area contributed by atoms with Gasteiger partial charge < -0.3 is 5.32 Å². The number of pyridine rings is 1. The predicted molar refractivity (Wildman–Crippen MR) is 103 cm³/mol. The van der Waals surface area contributed by atoms with Crippen LogP contribution in [-0.4, -0.2) is 35.1 Å². The highest BCUT2D eigenvalue weighted by Gasteiger charge is 2.37. The lowest BCUT2D eigenvalue weighted by Gasteiger charge is -2.36. The fourth-order valence-electron chi connectivity index (χ4n) is 3.87. The van der Waals surface area contributed by atoms with E-state index < -0.39 is 0 Å². The maximum absolute atomic E-state index is 13.0. The van der Waals surface area contributed by atoms with Crippen molar-refractivity contribution in [2.75, 3.05) is 5.32 Å². The molecule has 4 aromatic rings. The van der Waals surface area contributed by atoms with E-state index in [4.69, 9.17) is 0 Å². The van der Waals surface area contributed by atoms with Crippen molar-refractivity contribution in [2.24, 2.45) is 0 Å². The molecule has 0 amide bonds. The summed E-state index contributed by atoms with van der Waals surface area (Å²) in [6, 6.07) is 4.62. The van der Waals surface area contributed by atoms with Gasteiger partial charge in [-0.2, -0.15) is 0 Å². The SMILES string of the molecule is O=c1n(C2CC2)c2nccnc2n1[C@H]1C[C@H](Nc2nc3cccnc3s2)C1. The molecule has 4 heterocycles. The molecule has 0 radical (unpaired) electrons. The van der Waals surface area contributed by atoms with Crippen LogP contribution in [0.15, 0.2) is 35.5 Å². The Morgan fingerprint density at radius 3 is 2.44 bits per heavy atom. The molecule has 2 saturated carbocycles. The van der Waals surface area contributed by atoms with Crippen LogP contribution in [0.2, 0.25) is 0 Å². The average molecular weight is 379 g/mol. The van der Waals surface area contributed by atoms with Crippen LogP contribution in [0.1, 0.15) is 37.8 Å². The van der Waals surface area contributed by atoms with Gasteiger partial charge in [-0.3, -0.25) is 9.13 Å². The van der Waals surface area contributed by atoms with Gasteiger partial charge in [0, 0.05) is 36.7 Å². The molecular weight excluding hydrogens is 362 g/mol. The number of anilines is 1. The van der Waals surface area contributed by atoms with Gasteiger partial charge in [0.2, 0.25) is 0 Å². The van der Waals surface area contributed by atoms with E-state index in [1.54, 1.807) is 29.9 Å². The maximum atomic E-state index is 13.0. The lowest BCUT2D eigenvalue weighted by molar-refractivity contribution is 0.280. The van der Waals surface area contributed by atoms with Crippen LogP contribution in [0.5, 0.6) is 0 Å². The summed E-state index contributed by atoms with van der Waals surface area (Å²) in [6.07, 6.45) is 8.97. The second-order valence-corrected chi connectivity index (χ2v) is 8.25. The van der Waals surface area contributed by atoms with Gasteiger partial charge in [0.15, 0.2) is 16.4 Å². The van der Waals surface area contributed by atoms with Crippen LogP contribution in [-0.2, 0) is 0 Å². The molecule has 0 aromatic carbocycles. The Balaban J connectivity index is 1.26. The lowest BCUT2D eigenvalue weighted by atomic mass is 9.86. The van der Waals surface area contributed by atoms with Crippen molar-refractivity contribution < 1.29 is 0 Å². The number of rotatable bonds is 4. The topological polar surface area (TPSA) is 90.5 Å². The summed E-state index contributed by atoms with van der Waals surface area (Å²) < 4.78 is 3.68. The molecule has 0 aliphatic heterocycles. The van der Waals surface area contributed by atoms with Crippen LogP contribution in [0.25, 0.3) is 21.6 Å². The molecule has 0 spiro atoms. The molecule has 0 atom stereocenters. The quantitative estimate of drug-likeness (QED) is 0.586. The zero-order valence-corrected chi connectivity index (χ0v) is 15.3. The van der Waals surface area contributed by atoms with E-state index in [9.17, 15) is 4.79 Å². The Kier molecular flexibility index (Phi) is 3.16. The minimum atomic E-state index is 0.0336. The standard InChI is InChI=1S/C18H17N7OS/c26-18-24(11-3-4-11)14-15(20-7-6-19-14)25(18)12-8-10(9-12)22-17-23-13-2-1-5-21-16(13)27-17/h1-2,5-7,10-12H,3-4,8-9H2,(H,22,23)/t10-,12-. The van der Waals surface area contributed by atoms with E-state index >= 15 is 0 Å². The average Bonchev–Trinajstić information content (AvgIpc) is 3.32. The summed E-state index contributed by atoms with van der Waals surface area (Å²) >= 11 is 1.57. The molecular formula is C18H17N7OS. The highest BCUT2D eigenvalue weighted by Crippen LogP contribution is 2.39. The third-order valence-electron chi connectivity index (χ3n) is 5.41. The minimum absolute atomic E-state index is 0.0336. The molecule has 8 nitrogen and oxygen atoms in total. The third kappa shape index (κ3) is 2.38. The molecule has 27 heavy (non-hydrogen) atoms. The van der Waals surface area contributed by atoms with Gasteiger partial charge >= 0.3 is 5.69 Å². The molecule has 136 valence electrons. The van der Waals surface area contributed by atoms with Gasteiger partial charge in [-0.1, -0.05) is 11.3 Å². The van der Waals surface area contributed by atoms with Crippen molar-refractivity contribution >= 4 is 38.1 Å². The van der Waals surface area contributed by atoms with E-state index in [0.717, 1.165) is 46.8 Å². The van der Waals surface area contributed by atoms with Crippen LogP contribution in [0.4, 0.5) is 5.13 Å². The van der Waals surface area contributed by atoms with Crippen molar-refractivity contribution in [3.63, 3.8) is 0 Å². The lowest BCUT2D eigenvalue weighted by Crippen LogP contribution is -2.41. The predicted octanol–water partition coefficient (Wildman–Crippen LogP) is 2.75. The normalized spacial score (nSPS) is 22.2. The first-order valence-corrected chi connectivity index (χ1v) is 10.0. The van der Waals surface area contributed by atoms with E-state index in [1.165, 1.54) is 0 Å². The first-order valence-electron chi connectivity index (χ1n) is 9.19. The van der Waals surface area contributed by atoms with Crippen molar-refractivity contribution in [3.8, 4) is 0 Å². The first kappa shape index (κ1) is 15.3. The monoisotopic (exact) mass is 379 g/mol. The highest BCUT2D eigenvalue weighted by molar-refractivity contribution is 7.21. The number of hydrogen-bond donors (Lipinski definition) is 1. The number of nitrogens with one attached hydrogen (secondary N) is 1. The summed E-state index contributed by atoms with van der Waals surface area (Å²) in [5, 5.41) is 4.37. The zero-order chi connectivity index (χ0) is 18.0. The summed E-state index contributed by atoms with van der Waals surface area (Å²) in [7, 11) is 0. The number of nitrogens with zero attached hydrogens (tertiary/aromatic N) is 6. The van der Waals surface area contributed by atoms with Gasteiger partial charge in [0.25, 0.3) is 0 Å². The van der Waals surface area contributed by atoms with Crippen molar-refractivity contribution in [1.29, 1.82) is 0 Å². The molecule has 2 aliphatic carbocycles. The second-order valence-electron chi connectivity index (χ2n) is 7.27. The van der Waals surface area contributed by atoms with Crippen molar-refractivity contribution in [3.05, 3.63) is 41.2 Å². The van der Waals surface area contributed by atoms with E-state index in [-0.39, 0.29) is 11.7 Å². The molecule has 0 saturated heterocycles. The highest BCUT2D eigenvalue weighted by atomic mass is 32.1. The van der Waals surface area contributed by atoms with E-state index in [2.05, 4.69) is 25.3 Å². The van der Waals surface area contributed by atoms with E-state index in [1.807, 2.05) is 21.3 Å². The summed E-state index contributed by atoms with van der Waals surface area (Å²) in [5.74, 6) is 0. The fourth-order valence-corrected chi connectivity index (χ4v) is 4.76. The van der Waals surface area contributed by atoms with Gasteiger partial charge in [-0.05, 0) is 37.8 Å². The molecule has 2 fully saturated rings. The number of imidazole rings is 1. The smallest absolute Gasteiger partial charge is 0.332 e. The third-order valence-corrected chi connectivity index (χ3v) is 6.32. The van der Waals surface area contributed by atoms with E-state index in [0.29, 0.717) is 17.7 Å². The Bertz CT molecular complexity index is 1180. The number of fused-ring (bicyclic) bond motifs is 2. The molecule has 2 aliphatic rings. The van der Waals surface area contributed by atoms with Gasteiger partial charge in [-0.15, -0.1) is 0 Å².